The van der Waals surface area contributed by atoms with Crippen LogP contribution in [-0.4, -0.2) is 64.1 Å². The molecule has 3 atom stereocenters. The molecule has 5 N–H and O–H groups in total. The lowest BCUT2D eigenvalue weighted by Crippen LogP contribution is -2.52. The Labute approximate surface area is 215 Å². The number of β-amino-alcohol motifs (C(OH)–C–C–N with tert-alkyl or cyclic N) is 1. The molecule has 0 aliphatic carbocycles. The fraction of sp³-hybridized carbons (Fsp3) is 0.310. The molecule has 8 heteroatoms. The maximum Gasteiger partial charge on any atom is 0.167 e. The smallest absolute Gasteiger partial charge is 0.167 e. The van der Waals surface area contributed by atoms with Gasteiger partial charge in [-0.15, -0.1) is 0 Å². The van der Waals surface area contributed by atoms with Crippen LogP contribution in [0.4, 0.5) is 4.39 Å². The largest absolute Gasteiger partial charge is 0.508 e. The predicted molar refractivity (Wildman–Crippen MR) is 137 cm³/mol. The summed E-state index contributed by atoms with van der Waals surface area (Å²) in [5, 5.41) is 30.3. The number of aliphatic hydroxyl groups excluding tert-OH is 1. The number of Topliss-reactive ketones (excluding diaryl/α,β-unsaturated/α-hetero) is 2. The van der Waals surface area contributed by atoms with Gasteiger partial charge in [0.25, 0.3) is 0 Å². The highest BCUT2D eigenvalue weighted by Gasteiger charge is 2.45. The van der Waals surface area contributed by atoms with Crippen LogP contribution in [0.3, 0.4) is 0 Å². The minimum absolute atomic E-state index is 0.0132. The number of rotatable bonds is 8. The van der Waals surface area contributed by atoms with Crippen molar-refractivity contribution in [1.29, 1.82) is 0 Å². The number of hydrogen-bond acceptors (Lipinski definition) is 7. The van der Waals surface area contributed by atoms with E-state index >= 15 is 0 Å². The SMILES string of the molecule is Cc1c(F)cccc1C1[C@@H](C(=O)c2cccc(O)c2)CN(CC(O)CN)C[C@@H]1C(=O)c1cccc(O)c1. The average molecular weight is 507 g/mol. The van der Waals surface area contributed by atoms with Crippen LogP contribution in [0.1, 0.15) is 37.8 Å². The molecule has 7 nitrogen and oxygen atoms in total. The van der Waals surface area contributed by atoms with E-state index in [1.54, 1.807) is 43.3 Å². The summed E-state index contributed by atoms with van der Waals surface area (Å²) in [5.74, 6) is -3.43. The van der Waals surface area contributed by atoms with Gasteiger partial charge in [0.15, 0.2) is 11.6 Å². The third-order valence-electron chi connectivity index (χ3n) is 7.12. The standard InChI is InChI=1S/C29H31FN2O5/c1-17-23(9-4-10-26(17)30)27-24(28(36)18-5-2-7-20(33)11-18)15-32(14-22(35)13-31)16-25(27)29(37)19-6-3-8-21(34)12-19/h2-12,22,24-25,27,33-35H,13-16,31H2,1H3/t22?,24-,25-/m0/s1. The summed E-state index contributed by atoms with van der Waals surface area (Å²) >= 11 is 0. The van der Waals surface area contributed by atoms with E-state index in [-0.39, 0.29) is 60.4 Å². The number of aromatic hydroxyl groups is 2. The second kappa shape index (κ2) is 11.2. The predicted octanol–water partition coefficient (Wildman–Crippen LogP) is 3.26. The number of aliphatic hydroxyl groups is 1. The van der Waals surface area contributed by atoms with Gasteiger partial charge in [-0.2, -0.15) is 0 Å². The number of carbonyl (C=O) groups excluding carboxylic acids is 2. The van der Waals surface area contributed by atoms with E-state index in [0.29, 0.717) is 11.1 Å². The van der Waals surface area contributed by atoms with Gasteiger partial charge in [-0.05, 0) is 48.4 Å². The Kier molecular flexibility index (Phi) is 8.02. The summed E-state index contributed by atoms with van der Waals surface area (Å²) in [7, 11) is 0. The van der Waals surface area contributed by atoms with E-state index in [2.05, 4.69) is 0 Å². The Morgan fingerprint density at radius 3 is 1.95 bits per heavy atom. The minimum Gasteiger partial charge on any atom is -0.508 e. The molecule has 1 fully saturated rings. The quantitative estimate of drug-likeness (QED) is 0.346. The number of piperidine rings is 1. The Bertz CT molecular complexity index is 1230. The van der Waals surface area contributed by atoms with E-state index in [1.165, 1.54) is 30.3 Å². The van der Waals surface area contributed by atoms with Crippen LogP contribution in [0.25, 0.3) is 0 Å². The van der Waals surface area contributed by atoms with Crippen molar-refractivity contribution in [2.75, 3.05) is 26.2 Å². The van der Waals surface area contributed by atoms with E-state index in [9.17, 15) is 29.3 Å². The molecule has 37 heavy (non-hydrogen) atoms. The van der Waals surface area contributed by atoms with E-state index in [1.807, 2.05) is 4.90 Å². The molecule has 0 radical (unpaired) electrons. The van der Waals surface area contributed by atoms with Crippen molar-refractivity contribution >= 4 is 11.6 Å². The van der Waals surface area contributed by atoms with Gasteiger partial charge in [-0.3, -0.25) is 14.5 Å². The molecule has 3 aromatic rings. The zero-order valence-electron chi connectivity index (χ0n) is 20.5. The number of ketones is 2. The van der Waals surface area contributed by atoms with Gasteiger partial charge in [0.1, 0.15) is 17.3 Å². The first kappa shape index (κ1) is 26.5. The molecular weight excluding hydrogens is 475 g/mol. The Morgan fingerprint density at radius 1 is 0.946 bits per heavy atom. The molecule has 1 heterocycles. The molecule has 0 spiro atoms. The van der Waals surface area contributed by atoms with E-state index in [0.717, 1.165) is 0 Å². The lowest BCUT2D eigenvalue weighted by atomic mass is 9.67. The van der Waals surface area contributed by atoms with Crippen LogP contribution in [-0.2, 0) is 0 Å². The highest BCUT2D eigenvalue weighted by Crippen LogP contribution is 2.42. The zero-order chi connectivity index (χ0) is 26.7. The van der Waals surface area contributed by atoms with Crippen LogP contribution >= 0.6 is 0 Å². The molecule has 0 amide bonds. The van der Waals surface area contributed by atoms with Gasteiger partial charge in [-0.25, -0.2) is 4.39 Å². The van der Waals surface area contributed by atoms with Crippen LogP contribution in [0.15, 0.2) is 66.7 Å². The monoisotopic (exact) mass is 506 g/mol. The van der Waals surface area contributed by atoms with Crippen molar-refractivity contribution in [3.05, 3.63) is 94.8 Å². The van der Waals surface area contributed by atoms with Crippen molar-refractivity contribution < 1.29 is 29.3 Å². The topological polar surface area (TPSA) is 124 Å². The molecule has 1 unspecified atom stereocenters. The number of benzene rings is 3. The Morgan fingerprint density at radius 2 is 1.46 bits per heavy atom. The molecule has 3 aromatic carbocycles. The maximum atomic E-state index is 14.7. The molecular formula is C29H31FN2O5. The van der Waals surface area contributed by atoms with Crippen LogP contribution in [0, 0.1) is 24.6 Å². The molecule has 194 valence electrons. The number of phenolic OH excluding ortho intramolecular Hbond substituents is 2. The Balaban J connectivity index is 1.86. The second-order valence-corrected chi connectivity index (χ2v) is 9.63. The fourth-order valence-corrected chi connectivity index (χ4v) is 5.32. The first-order valence-electron chi connectivity index (χ1n) is 12.2. The first-order chi connectivity index (χ1) is 17.7. The van der Waals surface area contributed by atoms with Gasteiger partial charge < -0.3 is 21.1 Å². The number of hydrogen-bond donors (Lipinski definition) is 4. The lowest BCUT2D eigenvalue weighted by molar-refractivity contribution is 0.0416. The normalized spacial score (nSPS) is 19.5. The van der Waals surface area contributed by atoms with Crippen molar-refractivity contribution in [3.63, 3.8) is 0 Å². The molecule has 0 aromatic heterocycles. The van der Waals surface area contributed by atoms with Crippen molar-refractivity contribution in [3.8, 4) is 11.5 Å². The highest BCUT2D eigenvalue weighted by atomic mass is 19.1. The summed E-state index contributed by atoms with van der Waals surface area (Å²) < 4.78 is 14.7. The molecule has 1 aliphatic heterocycles. The molecule has 1 saturated heterocycles. The number of likely N-dealkylation sites (tertiary alicyclic amines) is 1. The Hall–Kier alpha value is -3.59. The zero-order valence-corrected chi connectivity index (χ0v) is 20.5. The first-order valence-corrected chi connectivity index (χ1v) is 12.2. The lowest BCUT2D eigenvalue weighted by Gasteiger charge is -2.44. The number of halogens is 1. The number of nitrogens with zero attached hydrogens (tertiary/aromatic N) is 1. The van der Waals surface area contributed by atoms with Gasteiger partial charge >= 0.3 is 0 Å². The summed E-state index contributed by atoms with van der Waals surface area (Å²) in [6.07, 6.45) is -0.861. The van der Waals surface area contributed by atoms with E-state index < -0.39 is 29.7 Å². The van der Waals surface area contributed by atoms with Gasteiger partial charge in [0, 0.05) is 55.1 Å². The summed E-state index contributed by atoms with van der Waals surface area (Å²) in [5.41, 5.74) is 7.09. The molecule has 0 saturated carbocycles. The average Bonchev–Trinajstić information content (AvgIpc) is 2.89. The van der Waals surface area contributed by atoms with Crippen LogP contribution in [0.2, 0.25) is 0 Å². The van der Waals surface area contributed by atoms with Crippen molar-refractivity contribution in [2.24, 2.45) is 17.6 Å². The van der Waals surface area contributed by atoms with Gasteiger partial charge in [-0.1, -0.05) is 36.4 Å². The summed E-state index contributed by atoms with van der Waals surface area (Å²) in [6, 6.07) is 16.6. The van der Waals surface area contributed by atoms with Crippen molar-refractivity contribution in [1.82, 2.24) is 4.90 Å². The molecule has 0 bridgehead atoms. The fourth-order valence-electron chi connectivity index (χ4n) is 5.32. The minimum atomic E-state index is -0.861. The summed E-state index contributed by atoms with van der Waals surface area (Å²) in [6.45, 7) is 2.20. The van der Waals surface area contributed by atoms with Crippen LogP contribution in [0.5, 0.6) is 11.5 Å². The third-order valence-corrected chi connectivity index (χ3v) is 7.12. The summed E-state index contributed by atoms with van der Waals surface area (Å²) in [4.78, 5) is 29.7. The third kappa shape index (κ3) is 5.72. The van der Waals surface area contributed by atoms with Crippen LogP contribution < -0.4 is 5.73 Å². The van der Waals surface area contributed by atoms with Crippen molar-refractivity contribution in [2.45, 2.75) is 18.9 Å². The maximum absolute atomic E-state index is 14.7. The number of nitrogens with two attached hydrogens (primary N) is 1. The van der Waals surface area contributed by atoms with E-state index in [4.69, 9.17) is 5.73 Å². The van der Waals surface area contributed by atoms with Gasteiger partial charge in [0.2, 0.25) is 0 Å². The number of carbonyl (C=O) groups is 2. The van der Waals surface area contributed by atoms with Gasteiger partial charge in [0.05, 0.1) is 6.10 Å². The number of phenols is 2. The second-order valence-electron chi connectivity index (χ2n) is 9.63. The molecule has 1 aliphatic rings. The molecule has 4 rings (SSSR count). The highest BCUT2D eigenvalue weighted by molar-refractivity contribution is 6.02.